The van der Waals surface area contributed by atoms with Crippen molar-refractivity contribution in [3.05, 3.63) is 93.0 Å². The highest BCUT2D eigenvalue weighted by Crippen LogP contribution is 2.30. The Morgan fingerprint density at radius 3 is 2.02 bits per heavy atom. The summed E-state index contributed by atoms with van der Waals surface area (Å²) in [6.07, 6.45) is 1.01. The fourth-order valence-electron chi connectivity index (χ4n) is 4.65. The zero-order valence-electron chi connectivity index (χ0n) is 24.9. The van der Waals surface area contributed by atoms with Crippen molar-refractivity contribution in [2.24, 2.45) is 0 Å². The highest BCUT2D eigenvalue weighted by Gasteiger charge is 2.35. The summed E-state index contributed by atoms with van der Waals surface area (Å²) in [4.78, 5) is 29.2. The molecule has 0 radical (unpaired) electrons. The Balaban J connectivity index is 2.13. The molecule has 226 valence electrons. The molecule has 3 rings (SSSR count). The van der Waals surface area contributed by atoms with Crippen molar-refractivity contribution in [2.75, 3.05) is 10.8 Å². The number of hydrogen-bond acceptors (Lipinski definition) is 4. The van der Waals surface area contributed by atoms with Gasteiger partial charge in [0.15, 0.2) is 0 Å². The van der Waals surface area contributed by atoms with Gasteiger partial charge in [0.1, 0.15) is 12.6 Å². The largest absolute Gasteiger partial charge is 0.352 e. The molecule has 0 bridgehead atoms. The Labute approximate surface area is 259 Å². The average Bonchev–Trinajstić information content (AvgIpc) is 2.93. The van der Waals surface area contributed by atoms with E-state index in [1.807, 2.05) is 33.8 Å². The van der Waals surface area contributed by atoms with E-state index in [9.17, 15) is 18.0 Å². The van der Waals surface area contributed by atoms with Gasteiger partial charge >= 0.3 is 0 Å². The first-order chi connectivity index (χ1) is 19.8. The van der Waals surface area contributed by atoms with Crippen LogP contribution in [0, 0.1) is 20.8 Å². The highest BCUT2D eigenvalue weighted by atomic mass is 35.5. The molecule has 42 heavy (non-hydrogen) atoms. The Morgan fingerprint density at radius 2 is 1.48 bits per heavy atom. The van der Waals surface area contributed by atoms with Crippen molar-refractivity contribution in [1.29, 1.82) is 0 Å². The first-order valence-corrected chi connectivity index (χ1v) is 16.2. The summed E-state index contributed by atoms with van der Waals surface area (Å²) in [5.74, 6) is -0.893. The first kappa shape index (κ1) is 33.4. The van der Waals surface area contributed by atoms with E-state index < -0.39 is 28.5 Å². The number of carbonyl (C=O) groups excluding carboxylic acids is 2. The fraction of sp³-hybridized carbons (Fsp3) is 0.375. The molecule has 0 aliphatic carbocycles. The fourth-order valence-corrected chi connectivity index (χ4v) is 6.65. The van der Waals surface area contributed by atoms with E-state index in [4.69, 9.17) is 23.2 Å². The van der Waals surface area contributed by atoms with Gasteiger partial charge in [-0.1, -0.05) is 78.5 Å². The third-order valence-electron chi connectivity index (χ3n) is 7.29. The molecule has 0 aromatic heterocycles. The quantitative estimate of drug-likeness (QED) is 0.237. The molecule has 2 atom stereocenters. The second kappa shape index (κ2) is 14.4. The Morgan fingerprint density at radius 1 is 0.881 bits per heavy atom. The van der Waals surface area contributed by atoms with Crippen LogP contribution in [0.3, 0.4) is 0 Å². The topological polar surface area (TPSA) is 86.8 Å². The van der Waals surface area contributed by atoms with Crippen molar-refractivity contribution in [1.82, 2.24) is 10.2 Å². The summed E-state index contributed by atoms with van der Waals surface area (Å²) in [6.45, 7) is 10.6. The number of aryl methyl sites for hydroxylation is 3. The van der Waals surface area contributed by atoms with Crippen LogP contribution in [0.4, 0.5) is 5.69 Å². The van der Waals surface area contributed by atoms with Gasteiger partial charge in [-0.3, -0.25) is 13.9 Å². The Hall–Kier alpha value is -3.07. The van der Waals surface area contributed by atoms with Crippen LogP contribution in [0.2, 0.25) is 10.0 Å². The zero-order valence-corrected chi connectivity index (χ0v) is 27.3. The normalized spacial score (nSPS) is 12.9. The van der Waals surface area contributed by atoms with Gasteiger partial charge in [-0.05, 0) is 76.4 Å². The second-order valence-corrected chi connectivity index (χ2v) is 13.3. The van der Waals surface area contributed by atoms with Crippen molar-refractivity contribution >= 4 is 50.7 Å². The smallest absolute Gasteiger partial charge is 0.264 e. The molecule has 0 heterocycles. The van der Waals surface area contributed by atoms with Gasteiger partial charge in [-0.2, -0.15) is 0 Å². The van der Waals surface area contributed by atoms with Gasteiger partial charge in [0, 0.05) is 28.2 Å². The van der Waals surface area contributed by atoms with Gasteiger partial charge < -0.3 is 10.2 Å². The minimum Gasteiger partial charge on any atom is -0.352 e. The van der Waals surface area contributed by atoms with Gasteiger partial charge in [0.2, 0.25) is 11.8 Å². The molecule has 10 heteroatoms. The summed E-state index contributed by atoms with van der Waals surface area (Å²) in [6, 6.07) is 15.9. The van der Waals surface area contributed by atoms with Crippen LogP contribution in [0.5, 0.6) is 0 Å². The molecule has 0 unspecified atom stereocenters. The zero-order chi connectivity index (χ0) is 31.2. The van der Waals surface area contributed by atoms with Crippen LogP contribution >= 0.6 is 23.2 Å². The third kappa shape index (κ3) is 7.85. The molecule has 7 nitrogen and oxygen atoms in total. The lowest BCUT2D eigenvalue weighted by molar-refractivity contribution is -0.140. The molecule has 2 amide bonds. The van der Waals surface area contributed by atoms with E-state index in [1.54, 1.807) is 56.3 Å². The van der Waals surface area contributed by atoms with Crippen LogP contribution < -0.4 is 9.62 Å². The number of anilines is 1. The first-order valence-electron chi connectivity index (χ1n) is 14.0. The SMILES string of the molecule is CC[C@H](C)NC(=O)[C@H](CC)N(Cc1c(Cl)cccc1Cl)C(=O)CN(c1ccc(C)cc1C)S(=O)(=O)c1ccc(C)cc1. The van der Waals surface area contributed by atoms with Crippen molar-refractivity contribution in [2.45, 2.75) is 77.9 Å². The Bertz CT molecular complexity index is 1510. The molecule has 0 fully saturated rings. The van der Waals surface area contributed by atoms with Crippen LogP contribution in [-0.2, 0) is 26.2 Å². The summed E-state index contributed by atoms with van der Waals surface area (Å²) in [7, 11) is -4.17. The molecular formula is C32H39Cl2N3O4S. The molecule has 3 aromatic rings. The van der Waals surface area contributed by atoms with Gasteiger partial charge in [-0.15, -0.1) is 0 Å². The monoisotopic (exact) mass is 631 g/mol. The van der Waals surface area contributed by atoms with Gasteiger partial charge in [-0.25, -0.2) is 8.42 Å². The summed E-state index contributed by atoms with van der Waals surface area (Å²) in [5.41, 5.74) is 3.41. The highest BCUT2D eigenvalue weighted by molar-refractivity contribution is 7.92. The molecule has 0 aliphatic heterocycles. The number of halogens is 2. The van der Waals surface area contributed by atoms with E-state index >= 15 is 0 Å². The molecule has 0 saturated heterocycles. The average molecular weight is 633 g/mol. The number of nitrogens with zero attached hydrogens (tertiary/aromatic N) is 2. The minimum absolute atomic E-state index is 0.0585. The van der Waals surface area contributed by atoms with Crippen LogP contribution in [0.15, 0.2) is 65.6 Å². The number of carbonyl (C=O) groups is 2. The maximum absolute atomic E-state index is 14.3. The molecule has 0 aliphatic rings. The lowest BCUT2D eigenvalue weighted by Crippen LogP contribution is -2.53. The number of rotatable bonds is 12. The maximum atomic E-state index is 14.3. The standard InChI is InChI=1S/C32H39Cl2N3O4S/c1-7-24(6)35-32(39)29(8-2)36(19-26-27(33)10-9-11-28(26)34)31(38)20-37(30-17-14-22(4)18-23(30)5)42(40,41)25-15-12-21(3)13-16-25/h9-18,24,29H,7-8,19-20H2,1-6H3,(H,35,39)/t24-,29-/m0/s1. The number of sulfonamides is 1. The molecule has 3 aromatic carbocycles. The lowest BCUT2D eigenvalue weighted by atomic mass is 10.1. The van der Waals surface area contributed by atoms with E-state index in [0.29, 0.717) is 39.7 Å². The van der Waals surface area contributed by atoms with E-state index in [0.717, 1.165) is 15.4 Å². The molecule has 0 spiro atoms. The van der Waals surface area contributed by atoms with Gasteiger partial charge in [0.25, 0.3) is 10.0 Å². The van der Waals surface area contributed by atoms with E-state index in [-0.39, 0.29) is 23.4 Å². The number of hydrogen-bond donors (Lipinski definition) is 1. The molecule has 1 N–H and O–H groups in total. The number of amides is 2. The summed E-state index contributed by atoms with van der Waals surface area (Å²) < 4.78 is 29.3. The Kier molecular flexibility index (Phi) is 11.5. The lowest BCUT2D eigenvalue weighted by Gasteiger charge is -2.34. The van der Waals surface area contributed by atoms with Crippen molar-refractivity contribution < 1.29 is 18.0 Å². The van der Waals surface area contributed by atoms with Crippen molar-refractivity contribution in [3.8, 4) is 0 Å². The maximum Gasteiger partial charge on any atom is 0.264 e. The van der Waals surface area contributed by atoms with E-state index in [2.05, 4.69) is 5.32 Å². The van der Waals surface area contributed by atoms with Crippen LogP contribution in [0.1, 0.15) is 55.9 Å². The van der Waals surface area contributed by atoms with Gasteiger partial charge in [0.05, 0.1) is 10.6 Å². The number of nitrogens with one attached hydrogen (secondary N) is 1. The predicted molar refractivity (Wildman–Crippen MR) is 171 cm³/mol. The number of benzene rings is 3. The molecule has 0 saturated carbocycles. The second-order valence-electron chi connectivity index (χ2n) is 10.6. The van der Waals surface area contributed by atoms with Crippen molar-refractivity contribution in [3.63, 3.8) is 0 Å². The van der Waals surface area contributed by atoms with E-state index in [1.165, 1.54) is 17.0 Å². The predicted octanol–water partition coefficient (Wildman–Crippen LogP) is 6.84. The third-order valence-corrected chi connectivity index (χ3v) is 9.77. The van der Waals surface area contributed by atoms with Crippen LogP contribution in [0.25, 0.3) is 0 Å². The van der Waals surface area contributed by atoms with Crippen LogP contribution in [-0.4, -0.2) is 43.8 Å². The molecular weight excluding hydrogens is 593 g/mol. The minimum atomic E-state index is -4.17. The summed E-state index contributed by atoms with van der Waals surface area (Å²) >= 11 is 13.0. The summed E-state index contributed by atoms with van der Waals surface area (Å²) in [5, 5.41) is 3.65.